The maximum atomic E-state index is 5.48. The summed E-state index contributed by atoms with van der Waals surface area (Å²) in [4.78, 5) is 8.94. The molecule has 0 aliphatic rings. The molecule has 0 aliphatic carbocycles. The van der Waals surface area contributed by atoms with Gasteiger partial charge in [-0.15, -0.1) is 0 Å². The predicted octanol–water partition coefficient (Wildman–Crippen LogP) is 3.11. The van der Waals surface area contributed by atoms with E-state index in [2.05, 4.69) is 60.5 Å². The van der Waals surface area contributed by atoms with E-state index >= 15 is 0 Å². The first-order valence-corrected chi connectivity index (χ1v) is 6.58. The van der Waals surface area contributed by atoms with Crippen molar-refractivity contribution in [2.45, 2.75) is 33.1 Å². The molecule has 4 N–H and O–H groups in total. The van der Waals surface area contributed by atoms with E-state index in [9.17, 15) is 0 Å². The number of hydrogen-bond acceptors (Lipinski definition) is 5. The summed E-state index contributed by atoms with van der Waals surface area (Å²) in [7, 11) is 0. The molecule has 2 aromatic rings. The van der Waals surface area contributed by atoms with Gasteiger partial charge >= 0.3 is 0 Å². The molecule has 1 aromatic carbocycles. The zero-order valence-corrected chi connectivity index (χ0v) is 12.4. The number of rotatable bonds is 3. The first-order chi connectivity index (χ1) is 9.38. The molecule has 0 aliphatic heterocycles. The van der Waals surface area contributed by atoms with Gasteiger partial charge in [-0.05, 0) is 19.1 Å². The lowest BCUT2D eigenvalue weighted by Crippen LogP contribution is -2.19. The highest BCUT2D eigenvalue weighted by Crippen LogP contribution is 2.23. The average molecular weight is 271 g/mol. The fourth-order valence-electron chi connectivity index (χ4n) is 1.71. The van der Waals surface area contributed by atoms with Gasteiger partial charge in [0.15, 0.2) is 0 Å². The largest absolute Gasteiger partial charge is 0.340 e. The van der Waals surface area contributed by atoms with Gasteiger partial charge in [0.05, 0.1) is 0 Å². The van der Waals surface area contributed by atoms with E-state index in [1.165, 1.54) is 5.56 Å². The minimum Gasteiger partial charge on any atom is -0.340 e. The minimum atomic E-state index is -0.142. The summed E-state index contributed by atoms with van der Waals surface area (Å²) in [6.45, 7) is 8.26. The number of benzene rings is 1. The van der Waals surface area contributed by atoms with Crippen LogP contribution in [0.1, 0.15) is 32.2 Å². The first kappa shape index (κ1) is 14.3. The van der Waals surface area contributed by atoms with Crippen LogP contribution in [0.15, 0.2) is 30.3 Å². The first-order valence-electron chi connectivity index (χ1n) is 6.58. The third kappa shape index (κ3) is 3.45. The van der Waals surface area contributed by atoms with Gasteiger partial charge in [0.1, 0.15) is 17.5 Å². The topological polar surface area (TPSA) is 75.9 Å². The van der Waals surface area contributed by atoms with E-state index in [1.54, 1.807) is 6.07 Å². The molecule has 1 heterocycles. The van der Waals surface area contributed by atoms with E-state index in [0.29, 0.717) is 5.82 Å². The number of aryl methyl sites for hydroxylation is 1. The van der Waals surface area contributed by atoms with Crippen molar-refractivity contribution in [3.63, 3.8) is 0 Å². The molecule has 0 spiro atoms. The molecule has 0 bridgehead atoms. The maximum absolute atomic E-state index is 5.48. The van der Waals surface area contributed by atoms with Crippen LogP contribution < -0.4 is 16.6 Å². The summed E-state index contributed by atoms with van der Waals surface area (Å²) in [5, 5.41) is 3.27. The van der Waals surface area contributed by atoms with Gasteiger partial charge in [0, 0.05) is 17.2 Å². The Bertz CT molecular complexity index is 584. The normalized spacial score (nSPS) is 11.2. The number of hydrazine groups is 1. The van der Waals surface area contributed by atoms with E-state index < -0.39 is 0 Å². The number of nitrogens with one attached hydrogen (secondary N) is 2. The average Bonchev–Trinajstić information content (AvgIpc) is 2.40. The lowest BCUT2D eigenvalue weighted by molar-refractivity contribution is 0.547. The molecule has 0 radical (unpaired) electrons. The van der Waals surface area contributed by atoms with Crippen LogP contribution in [-0.2, 0) is 5.41 Å². The van der Waals surface area contributed by atoms with Crippen molar-refractivity contribution in [3.8, 4) is 0 Å². The summed E-state index contributed by atoms with van der Waals surface area (Å²) in [5.74, 6) is 7.54. The number of nitrogens with zero attached hydrogens (tertiary/aromatic N) is 2. The number of nitrogen functional groups attached to an aromatic ring is 1. The van der Waals surface area contributed by atoms with Crippen LogP contribution in [0.25, 0.3) is 0 Å². The fourth-order valence-corrected chi connectivity index (χ4v) is 1.71. The Labute approximate surface area is 119 Å². The molecule has 0 saturated carbocycles. The van der Waals surface area contributed by atoms with Gasteiger partial charge in [0.2, 0.25) is 0 Å². The van der Waals surface area contributed by atoms with Crippen molar-refractivity contribution in [2.75, 3.05) is 10.7 Å². The molecule has 0 amide bonds. The van der Waals surface area contributed by atoms with E-state index in [4.69, 9.17) is 5.84 Å². The molecule has 106 valence electrons. The molecular weight excluding hydrogens is 250 g/mol. The minimum absolute atomic E-state index is 0.142. The summed E-state index contributed by atoms with van der Waals surface area (Å²) < 4.78 is 0. The third-order valence-corrected chi connectivity index (χ3v) is 2.87. The Morgan fingerprint density at radius 3 is 2.15 bits per heavy atom. The molecule has 5 heteroatoms. The van der Waals surface area contributed by atoms with Crippen LogP contribution in [0.5, 0.6) is 0 Å². The Hall–Kier alpha value is -2.14. The Kier molecular flexibility index (Phi) is 3.90. The SMILES string of the molecule is Cc1ccc(Nc2cc(NN)nc(C(C)(C)C)n2)cc1. The lowest BCUT2D eigenvalue weighted by atomic mass is 9.96. The number of aromatic nitrogens is 2. The summed E-state index contributed by atoms with van der Waals surface area (Å²) >= 11 is 0. The molecule has 1 aromatic heterocycles. The van der Waals surface area contributed by atoms with Gasteiger partial charge in [-0.3, -0.25) is 0 Å². The number of nitrogens with two attached hydrogens (primary N) is 1. The van der Waals surface area contributed by atoms with Crippen molar-refractivity contribution in [3.05, 3.63) is 41.7 Å². The van der Waals surface area contributed by atoms with Crippen LogP contribution in [-0.4, -0.2) is 9.97 Å². The van der Waals surface area contributed by atoms with Gasteiger partial charge < -0.3 is 10.7 Å². The Balaban J connectivity index is 2.33. The second kappa shape index (κ2) is 5.46. The highest BCUT2D eigenvalue weighted by molar-refractivity contribution is 5.59. The zero-order valence-electron chi connectivity index (χ0n) is 12.4. The van der Waals surface area contributed by atoms with Gasteiger partial charge in [0.25, 0.3) is 0 Å². The Morgan fingerprint density at radius 2 is 1.60 bits per heavy atom. The van der Waals surface area contributed by atoms with Gasteiger partial charge in [-0.25, -0.2) is 15.8 Å². The van der Waals surface area contributed by atoms with E-state index in [1.807, 2.05) is 12.1 Å². The van der Waals surface area contributed by atoms with E-state index in [0.717, 1.165) is 17.3 Å². The number of anilines is 3. The second-order valence-corrected chi connectivity index (χ2v) is 5.85. The van der Waals surface area contributed by atoms with Crippen molar-refractivity contribution in [2.24, 2.45) is 5.84 Å². The van der Waals surface area contributed by atoms with Gasteiger partial charge in [-0.2, -0.15) is 0 Å². The summed E-state index contributed by atoms with van der Waals surface area (Å²) in [6, 6.07) is 9.93. The monoisotopic (exact) mass is 271 g/mol. The molecule has 2 rings (SSSR count). The highest BCUT2D eigenvalue weighted by Gasteiger charge is 2.19. The van der Waals surface area contributed by atoms with Crippen molar-refractivity contribution >= 4 is 17.3 Å². The molecule has 0 fully saturated rings. The molecule has 5 nitrogen and oxygen atoms in total. The quantitative estimate of drug-likeness (QED) is 0.590. The van der Waals surface area contributed by atoms with Crippen LogP contribution in [0.4, 0.5) is 17.3 Å². The van der Waals surface area contributed by atoms with Crippen LogP contribution in [0.3, 0.4) is 0 Å². The molecule has 0 unspecified atom stereocenters. The lowest BCUT2D eigenvalue weighted by Gasteiger charge is -2.18. The van der Waals surface area contributed by atoms with Crippen LogP contribution in [0, 0.1) is 6.92 Å². The van der Waals surface area contributed by atoms with Crippen molar-refractivity contribution < 1.29 is 0 Å². The fraction of sp³-hybridized carbons (Fsp3) is 0.333. The molecule has 20 heavy (non-hydrogen) atoms. The molecular formula is C15H21N5. The second-order valence-electron chi connectivity index (χ2n) is 5.85. The summed E-state index contributed by atoms with van der Waals surface area (Å²) in [6.07, 6.45) is 0. The van der Waals surface area contributed by atoms with Crippen molar-refractivity contribution in [1.82, 2.24) is 9.97 Å². The standard InChI is InChI=1S/C15H21N5/c1-10-5-7-11(8-6-10)17-12-9-13(20-16)19-14(18-12)15(2,3)4/h5-9H,16H2,1-4H3,(H2,17,18,19,20). The summed E-state index contributed by atoms with van der Waals surface area (Å²) in [5.41, 5.74) is 4.65. The highest BCUT2D eigenvalue weighted by atomic mass is 15.3. The Morgan fingerprint density at radius 1 is 1.00 bits per heavy atom. The van der Waals surface area contributed by atoms with Crippen LogP contribution in [0.2, 0.25) is 0 Å². The number of hydrogen-bond donors (Lipinski definition) is 3. The van der Waals surface area contributed by atoms with Crippen LogP contribution >= 0.6 is 0 Å². The smallest absolute Gasteiger partial charge is 0.145 e. The maximum Gasteiger partial charge on any atom is 0.145 e. The van der Waals surface area contributed by atoms with Crippen molar-refractivity contribution in [1.29, 1.82) is 0 Å². The third-order valence-electron chi connectivity index (χ3n) is 2.87. The molecule has 0 saturated heterocycles. The van der Waals surface area contributed by atoms with E-state index in [-0.39, 0.29) is 5.41 Å². The van der Waals surface area contributed by atoms with Gasteiger partial charge in [-0.1, -0.05) is 38.5 Å². The predicted molar refractivity (Wildman–Crippen MR) is 83.0 cm³/mol. The molecule has 0 atom stereocenters. The zero-order chi connectivity index (χ0) is 14.8.